The number of nitrogens with one attached hydrogen (secondary N) is 1. The van der Waals surface area contributed by atoms with E-state index in [4.69, 9.17) is 4.42 Å². The van der Waals surface area contributed by atoms with Gasteiger partial charge >= 0.3 is 0 Å². The maximum Gasteiger partial charge on any atom is 0.257 e. The number of piperidine rings is 1. The number of hydrogen-bond donors (Lipinski definition) is 1. The molecule has 2 aromatic heterocycles. The number of halogens is 1. The van der Waals surface area contributed by atoms with Crippen LogP contribution in [0.15, 0.2) is 52.0 Å². The van der Waals surface area contributed by atoms with E-state index in [-0.39, 0.29) is 11.9 Å². The van der Waals surface area contributed by atoms with E-state index in [0.29, 0.717) is 18.7 Å². The molecule has 0 bridgehead atoms. The Kier molecular flexibility index (Phi) is 4.40. The minimum Gasteiger partial charge on any atom is -0.472 e. The van der Waals surface area contributed by atoms with Gasteiger partial charge in [0.1, 0.15) is 18.4 Å². The van der Waals surface area contributed by atoms with Crippen LogP contribution in [0.4, 0.5) is 5.82 Å². The fourth-order valence-corrected chi connectivity index (χ4v) is 3.49. The number of anilines is 1. The quantitative estimate of drug-likeness (QED) is 0.725. The van der Waals surface area contributed by atoms with Crippen LogP contribution in [0.3, 0.4) is 0 Å². The first-order valence-electron chi connectivity index (χ1n) is 8.19. The number of furan rings is 1. The molecule has 0 radical (unpaired) electrons. The predicted molar refractivity (Wildman–Crippen MR) is 98.5 cm³/mol. The van der Waals surface area contributed by atoms with Gasteiger partial charge in [-0.15, -0.1) is 0 Å². The van der Waals surface area contributed by atoms with Crippen molar-refractivity contribution < 1.29 is 9.21 Å². The molecule has 0 unspecified atom stereocenters. The van der Waals surface area contributed by atoms with Crippen LogP contribution in [0.1, 0.15) is 23.2 Å². The van der Waals surface area contributed by atoms with Gasteiger partial charge in [-0.05, 0) is 37.1 Å². The van der Waals surface area contributed by atoms with Gasteiger partial charge in [0.15, 0.2) is 0 Å². The van der Waals surface area contributed by atoms with E-state index in [0.717, 1.165) is 34.0 Å². The molecule has 128 valence electrons. The van der Waals surface area contributed by atoms with Gasteiger partial charge in [-0.1, -0.05) is 15.9 Å². The lowest BCUT2D eigenvalue weighted by molar-refractivity contribution is 0.0717. The number of amides is 1. The van der Waals surface area contributed by atoms with Gasteiger partial charge in [-0.3, -0.25) is 4.79 Å². The monoisotopic (exact) mass is 400 g/mol. The molecule has 25 heavy (non-hydrogen) atoms. The lowest BCUT2D eigenvalue weighted by atomic mass is 10.0. The van der Waals surface area contributed by atoms with Crippen LogP contribution >= 0.6 is 15.9 Å². The molecule has 3 aromatic rings. The van der Waals surface area contributed by atoms with Crippen LogP contribution in [-0.2, 0) is 0 Å². The Morgan fingerprint density at radius 3 is 2.84 bits per heavy atom. The minimum absolute atomic E-state index is 0.0311. The first kappa shape index (κ1) is 16.1. The van der Waals surface area contributed by atoms with E-state index in [9.17, 15) is 4.79 Å². The van der Waals surface area contributed by atoms with Gasteiger partial charge in [0.25, 0.3) is 5.91 Å². The van der Waals surface area contributed by atoms with Crippen molar-refractivity contribution in [3.63, 3.8) is 0 Å². The normalized spacial score (nSPS) is 15.5. The zero-order chi connectivity index (χ0) is 17.2. The molecule has 7 heteroatoms. The molecule has 4 rings (SSSR count). The number of carbonyl (C=O) groups is 1. The number of hydrogen-bond acceptors (Lipinski definition) is 5. The topological polar surface area (TPSA) is 71.3 Å². The molecule has 1 amide bonds. The highest BCUT2D eigenvalue weighted by Gasteiger charge is 2.24. The SMILES string of the molecule is O=C(c1ccoc1)N1CCC(Nc2ncnc3ccc(Br)cc23)CC1. The number of likely N-dealkylation sites (tertiary alicyclic amines) is 1. The Balaban J connectivity index is 1.44. The van der Waals surface area contributed by atoms with Crippen molar-refractivity contribution in [2.75, 3.05) is 18.4 Å². The van der Waals surface area contributed by atoms with Crippen molar-refractivity contribution in [3.8, 4) is 0 Å². The van der Waals surface area contributed by atoms with E-state index >= 15 is 0 Å². The standard InChI is InChI=1S/C18H17BrN4O2/c19-13-1-2-16-15(9-13)17(21-11-20-16)22-14-3-6-23(7-4-14)18(24)12-5-8-25-10-12/h1-2,5,8-11,14H,3-4,6-7H2,(H,20,21,22). The second kappa shape index (κ2) is 6.84. The van der Waals surface area contributed by atoms with Gasteiger partial charge in [0.05, 0.1) is 17.3 Å². The average Bonchev–Trinajstić information content (AvgIpc) is 3.17. The van der Waals surface area contributed by atoms with Crippen LogP contribution in [0.2, 0.25) is 0 Å². The lowest BCUT2D eigenvalue weighted by Gasteiger charge is -2.32. The van der Waals surface area contributed by atoms with E-state index in [2.05, 4.69) is 31.2 Å². The summed E-state index contributed by atoms with van der Waals surface area (Å²) in [5.41, 5.74) is 1.52. The highest BCUT2D eigenvalue weighted by atomic mass is 79.9. The van der Waals surface area contributed by atoms with Gasteiger partial charge < -0.3 is 14.6 Å². The molecule has 1 N–H and O–H groups in total. The zero-order valence-electron chi connectivity index (χ0n) is 13.5. The third-order valence-electron chi connectivity index (χ3n) is 4.49. The molecule has 1 aliphatic heterocycles. The molecule has 1 fully saturated rings. The van der Waals surface area contributed by atoms with E-state index in [1.54, 1.807) is 12.4 Å². The molecular weight excluding hydrogens is 384 g/mol. The summed E-state index contributed by atoms with van der Waals surface area (Å²) in [5.74, 6) is 0.870. The van der Waals surface area contributed by atoms with Gasteiger partial charge in [0.2, 0.25) is 0 Å². The molecule has 0 saturated carbocycles. The van der Waals surface area contributed by atoms with E-state index < -0.39 is 0 Å². The highest BCUT2D eigenvalue weighted by molar-refractivity contribution is 9.10. The van der Waals surface area contributed by atoms with Crippen LogP contribution in [0.25, 0.3) is 10.9 Å². The molecule has 1 saturated heterocycles. The Labute approximate surface area is 153 Å². The second-order valence-corrected chi connectivity index (χ2v) is 7.02. The first-order valence-corrected chi connectivity index (χ1v) is 8.98. The summed E-state index contributed by atoms with van der Waals surface area (Å²) in [6, 6.07) is 7.95. The first-order chi connectivity index (χ1) is 12.2. The maximum absolute atomic E-state index is 12.4. The molecular formula is C18H17BrN4O2. The molecule has 0 atom stereocenters. The van der Waals surface area contributed by atoms with Crippen LogP contribution < -0.4 is 5.32 Å². The van der Waals surface area contributed by atoms with Crippen LogP contribution in [0, 0.1) is 0 Å². The Bertz CT molecular complexity index is 889. The molecule has 1 aliphatic rings. The number of benzene rings is 1. The molecule has 3 heterocycles. The van der Waals surface area contributed by atoms with E-state index in [1.165, 1.54) is 12.5 Å². The third-order valence-corrected chi connectivity index (χ3v) is 4.98. The number of carbonyl (C=O) groups excluding carboxylic acids is 1. The summed E-state index contributed by atoms with van der Waals surface area (Å²) in [7, 11) is 0. The van der Waals surface area contributed by atoms with Crippen molar-refractivity contribution in [1.29, 1.82) is 0 Å². The average molecular weight is 401 g/mol. The summed E-state index contributed by atoms with van der Waals surface area (Å²) in [6.45, 7) is 1.43. The zero-order valence-corrected chi connectivity index (χ0v) is 15.1. The molecule has 0 spiro atoms. The molecule has 1 aromatic carbocycles. The van der Waals surface area contributed by atoms with Crippen molar-refractivity contribution in [2.24, 2.45) is 0 Å². The summed E-state index contributed by atoms with van der Waals surface area (Å²) in [4.78, 5) is 22.9. The largest absolute Gasteiger partial charge is 0.472 e. The Morgan fingerprint density at radius 1 is 1.24 bits per heavy atom. The lowest BCUT2D eigenvalue weighted by Crippen LogP contribution is -2.42. The number of aromatic nitrogens is 2. The number of fused-ring (bicyclic) bond motifs is 1. The summed E-state index contributed by atoms with van der Waals surface area (Å²) < 4.78 is 6.00. The van der Waals surface area contributed by atoms with Crippen molar-refractivity contribution in [3.05, 3.63) is 53.2 Å². The van der Waals surface area contributed by atoms with Crippen molar-refractivity contribution in [2.45, 2.75) is 18.9 Å². The second-order valence-electron chi connectivity index (χ2n) is 6.11. The Morgan fingerprint density at radius 2 is 2.08 bits per heavy atom. The van der Waals surface area contributed by atoms with Crippen LogP contribution in [0.5, 0.6) is 0 Å². The predicted octanol–water partition coefficient (Wildman–Crippen LogP) is 3.70. The van der Waals surface area contributed by atoms with Gasteiger partial charge in [-0.2, -0.15) is 0 Å². The van der Waals surface area contributed by atoms with Gasteiger partial charge in [0, 0.05) is 29.0 Å². The fraction of sp³-hybridized carbons (Fsp3) is 0.278. The molecule has 6 nitrogen and oxygen atoms in total. The van der Waals surface area contributed by atoms with Crippen molar-refractivity contribution in [1.82, 2.24) is 14.9 Å². The van der Waals surface area contributed by atoms with E-state index in [1.807, 2.05) is 23.1 Å². The Hall–Kier alpha value is -2.41. The fourth-order valence-electron chi connectivity index (χ4n) is 3.13. The maximum atomic E-state index is 12.4. The smallest absolute Gasteiger partial charge is 0.257 e. The summed E-state index contributed by atoms with van der Waals surface area (Å²) >= 11 is 3.50. The number of nitrogens with zero attached hydrogens (tertiary/aromatic N) is 3. The van der Waals surface area contributed by atoms with Gasteiger partial charge in [-0.25, -0.2) is 9.97 Å². The van der Waals surface area contributed by atoms with Crippen LogP contribution in [-0.4, -0.2) is 39.9 Å². The van der Waals surface area contributed by atoms with Crippen molar-refractivity contribution >= 4 is 38.6 Å². The highest BCUT2D eigenvalue weighted by Crippen LogP contribution is 2.25. The minimum atomic E-state index is 0.0311. The molecule has 0 aliphatic carbocycles. The third kappa shape index (κ3) is 3.37. The number of rotatable bonds is 3. The summed E-state index contributed by atoms with van der Waals surface area (Å²) in [5, 5.41) is 4.51. The summed E-state index contributed by atoms with van der Waals surface area (Å²) in [6.07, 6.45) is 6.36.